The third kappa shape index (κ3) is 4.42. The molecule has 3 N–H and O–H groups in total. The summed E-state index contributed by atoms with van der Waals surface area (Å²) in [5, 5.41) is 0. The Kier molecular flexibility index (Phi) is 8.13. The molecule has 156 valence electrons. The molecular formula is C16H29Cl2N5O3S. The van der Waals surface area contributed by atoms with Crippen LogP contribution in [0.4, 0.5) is 0 Å². The molecule has 0 aliphatic carbocycles. The normalized spacial score (nSPS) is 20.3. The fraction of sp³-hybridized carbons (Fsp3) is 0.750. The summed E-state index contributed by atoms with van der Waals surface area (Å²) < 4.78 is 26.4. The smallest absolute Gasteiger partial charge is 0.239 e. The van der Waals surface area contributed by atoms with E-state index in [2.05, 4.69) is 9.97 Å². The molecule has 2 aliphatic heterocycles. The molecule has 8 nitrogen and oxygen atoms in total. The van der Waals surface area contributed by atoms with Gasteiger partial charge in [-0.05, 0) is 19.3 Å². The lowest BCUT2D eigenvalue weighted by molar-refractivity contribution is -0.135. The van der Waals surface area contributed by atoms with Crippen molar-refractivity contribution in [2.24, 2.45) is 5.73 Å². The maximum Gasteiger partial charge on any atom is 0.239 e. The van der Waals surface area contributed by atoms with E-state index in [1.165, 1.54) is 6.26 Å². The molecule has 0 unspecified atom stereocenters. The molecule has 1 atom stereocenters. The van der Waals surface area contributed by atoms with Gasteiger partial charge in [0.1, 0.15) is 0 Å². The summed E-state index contributed by atoms with van der Waals surface area (Å²) in [5.41, 5.74) is 7.13. The van der Waals surface area contributed by atoms with Crippen LogP contribution in [0.2, 0.25) is 0 Å². The van der Waals surface area contributed by atoms with Gasteiger partial charge in [0, 0.05) is 31.7 Å². The summed E-state index contributed by atoms with van der Waals surface area (Å²) in [6, 6.07) is -0.475. The number of hydrogen-bond donors (Lipinski definition) is 2. The maximum absolute atomic E-state index is 12.5. The van der Waals surface area contributed by atoms with Crippen molar-refractivity contribution in [3.8, 4) is 0 Å². The second kappa shape index (κ2) is 9.09. The van der Waals surface area contributed by atoms with Crippen LogP contribution >= 0.6 is 24.8 Å². The Morgan fingerprint density at radius 1 is 1.33 bits per heavy atom. The van der Waals surface area contributed by atoms with E-state index in [-0.39, 0.29) is 30.7 Å². The molecule has 3 heterocycles. The average molecular weight is 442 g/mol. The number of piperidine rings is 1. The summed E-state index contributed by atoms with van der Waals surface area (Å²) >= 11 is 0. The number of nitrogens with one attached hydrogen (secondary N) is 1. The Morgan fingerprint density at radius 2 is 1.96 bits per heavy atom. The van der Waals surface area contributed by atoms with Crippen molar-refractivity contribution in [3.63, 3.8) is 0 Å². The minimum Gasteiger partial charge on any atom is -0.348 e. The highest BCUT2D eigenvalue weighted by Crippen LogP contribution is 2.43. The van der Waals surface area contributed by atoms with Crippen LogP contribution in [-0.2, 0) is 26.8 Å². The molecule has 11 heteroatoms. The molecule has 2 aliphatic rings. The summed E-state index contributed by atoms with van der Waals surface area (Å²) in [5.74, 6) is -0.0410. The molecule has 0 saturated carbocycles. The molecular weight excluding hydrogens is 413 g/mol. The van der Waals surface area contributed by atoms with Gasteiger partial charge in [-0.3, -0.25) is 4.79 Å². The van der Waals surface area contributed by atoms with E-state index in [0.29, 0.717) is 45.3 Å². The number of fused-ring (bicyclic) bond motifs is 2. The Hall–Kier alpha value is -0.870. The second-order valence-electron chi connectivity index (χ2n) is 7.07. The first-order valence-corrected chi connectivity index (χ1v) is 10.7. The molecule has 1 fully saturated rings. The fourth-order valence-electron chi connectivity index (χ4n) is 4.19. The molecule has 1 aromatic rings. The molecule has 0 aromatic carbocycles. The number of carbonyl (C=O) groups is 1. The van der Waals surface area contributed by atoms with E-state index in [0.717, 1.165) is 17.8 Å². The highest BCUT2D eigenvalue weighted by atomic mass is 35.5. The number of sulfonamides is 1. The van der Waals surface area contributed by atoms with E-state index >= 15 is 0 Å². The first-order valence-electron chi connectivity index (χ1n) is 8.84. The Balaban J connectivity index is 0.00000182. The van der Waals surface area contributed by atoms with E-state index < -0.39 is 21.6 Å². The summed E-state index contributed by atoms with van der Waals surface area (Å²) in [7, 11) is -3.37. The Morgan fingerprint density at radius 3 is 2.52 bits per heavy atom. The zero-order chi connectivity index (χ0) is 18.2. The van der Waals surface area contributed by atoms with E-state index in [1.54, 1.807) is 15.5 Å². The van der Waals surface area contributed by atoms with Crippen molar-refractivity contribution < 1.29 is 13.2 Å². The van der Waals surface area contributed by atoms with Gasteiger partial charge in [-0.1, -0.05) is 13.3 Å². The molecule has 1 amide bonds. The monoisotopic (exact) mass is 441 g/mol. The van der Waals surface area contributed by atoms with Crippen molar-refractivity contribution >= 4 is 40.7 Å². The number of carbonyl (C=O) groups excluding carboxylic acids is 1. The van der Waals surface area contributed by atoms with Crippen molar-refractivity contribution in [1.82, 2.24) is 19.2 Å². The third-order valence-corrected chi connectivity index (χ3v) is 6.75. The summed E-state index contributed by atoms with van der Waals surface area (Å²) in [6.45, 7) is 3.43. The number of nitrogens with two attached hydrogens (primary N) is 1. The van der Waals surface area contributed by atoms with Gasteiger partial charge in [-0.25, -0.2) is 13.4 Å². The number of aromatic amines is 1. The number of halogens is 2. The first-order chi connectivity index (χ1) is 11.8. The number of amides is 1. The molecule has 0 bridgehead atoms. The van der Waals surface area contributed by atoms with Crippen LogP contribution in [0.5, 0.6) is 0 Å². The fourth-order valence-corrected chi connectivity index (χ4v) is 5.52. The number of nitrogens with zero attached hydrogens (tertiary/aromatic N) is 3. The lowest BCUT2D eigenvalue weighted by Crippen LogP contribution is -2.59. The van der Waals surface area contributed by atoms with Crippen LogP contribution in [0.25, 0.3) is 0 Å². The van der Waals surface area contributed by atoms with Gasteiger partial charge in [-0.15, -0.1) is 24.8 Å². The predicted octanol–water partition coefficient (Wildman–Crippen LogP) is 1.02. The standard InChI is InChI=1S/C16H27N5O3S.2ClH/c1-3-4-12(17)15(22)20-9-6-16(7-10-20)14-13(18-11-19-14)5-8-21(16)25(2,23)24;;/h11-12H,3-10,17H2,1-2H3,(H,18,19);2*1H/t12-;;/m0../s1. The molecule has 3 rings (SSSR count). The number of hydrogen-bond acceptors (Lipinski definition) is 5. The Labute approximate surface area is 173 Å². The zero-order valence-electron chi connectivity index (χ0n) is 15.7. The maximum atomic E-state index is 12.5. The van der Waals surface area contributed by atoms with E-state index in [4.69, 9.17) is 5.73 Å². The number of imidazole rings is 1. The van der Waals surface area contributed by atoms with Gasteiger partial charge in [-0.2, -0.15) is 4.31 Å². The van der Waals surface area contributed by atoms with Crippen molar-refractivity contribution in [1.29, 1.82) is 0 Å². The zero-order valence-corrected chi connectivity index (χ0v) is 18.1. The van der Waals surface area contributed by atoms with Gasteiger partial charge in [0.05, 0.1) is 29.9 Å². The predicted molar refractivity (Wildman–Crippen MR) is 109 cm³/mol. The average Bonchev–Trinajstić information content (AvgIpc) is 3.04. The third-order valence-electron chi connectivity index (χ3n) is 5.42. The van der Waals surface area contributed by atoms with Gasteiger partial charge >= 0.3 is 0 Å². The Bertz CT molecular complexity index is 747. The molecule has 1 spiro atoms. The molecule has 1 saturated heterocycles. The highest BCUT2D eigenvalue weighted by molar-refractivity contribution is 7.88. The van der Waals surface area contributed by atoms with Gasteiger partial charge in [0.2, 0.25) is 15.9 Å². The first kappa shape index (κ1) is 24.2. The number of rotatable bonds is 4. The van der Waals surface area contributed by atoms with Gasteiger partial charge in [0.25, 0.3) is 0 Å². The van der Waals surface area contributed by atoms with Crippen LogP contribution < -0.4 is 5.73 Å². The van der Waals surface area contributed by atoms with Crippen LogP contribution in [0, 0.1) is 0 Å². The van der Waals surface area contributed by atoms with Crippen LogP contribution in [0.1, 0.15) is 44.0 Å². The molecule has 0 radical (unpaired) electrons. The van der Waals surface area contributed by atoms with Crippen molar-refractivity contribution in [2.45, 2.75) is 50.6 Å². The number of likely N-dealkylation sites (tertiary alicyclic amines) is 1. The lowest BCUT2D eigenvalue weighted by Gasteiger charge is -2.49. The van der Waals surface area contributed by atoms with Crippen LogP contribution in [0.3, 0.4) is 0 Å². The van der Waals surface area contributed by atoms with Crippen molar-refractivity contribution in [2.75, 3.05) is 25.9 Å². The van der Waals surface area contributed by atoms with E-state index in [1.807, 2.05) is 6.92 Å². The van der Waals surface area contributed by atoms with Gasteiger partial charge in [0.15, 0.2) is 0 Å². The minimum absolute atomic E-state index is 0. The van der Waals surface area contributed by atoms with Crippen LogP contribution in [-0.4, -0.2) is 65.4 Å². The highest BCUT2D eigenvalue weighted by Gasteiger charge is 2.50. The summed E-state index contributed by atoms with van der Waals surface area (Å²) in [6.07, 6.45) is 6.13. The topological polar surface area (TPSA) is 112 Å². The number of H-pyrrole nitrogens is 1. The minimum atomic E-state index is -3.37. The second-order valence-corrected chi connectivity index (χ2v) is 8.97. The molecule has 27 heavy (non-hydrogen) atoms. The van der Waals surface area contributed by atoms with E-state index in [9.17, 15) is 13.2 Å². The van der Waals surface area contributed by atoms with Gasteiger partial charge < -0.3 is 15.6 Å². The van der Waals surface area contributed by atoms with Crippen LogP contribution in [0.15, 0.2) is 6.33 Å². The van der Waals surface area contributed by atoms with Crippen molar-refractivity contribution in [3.05, 3.63) is 17.7 Å². The quantitative estimate of drug-likeness (QED) is 0.723. The SMILES string of the molecule is CCC[C@H](N)C(=O)N1CCC2(CC1)c1nc[nH]c1CCN2S(C)(=O)=O.Cl.Cl. The lowest BCUT2D eigenvalue weighted by atomic mass is 9.80. The number of aromatic nitrogens is 2. The largest absolute Gasteiger partial charge is 0.348 e. The summed E-state index contributed by atoms with van der Waals surface area (Å²) in [4.78, 5) is 21.8. The molecule has 1 aromatic heterocycles.